The van der Waals surface area contributed by atoms with Crippen LogP contribution in [0.15, 0.2) is 316 Å². The summed E-state index contributed by atoms with van der Waals surface area (Å²) in [5.74, 6) is 0. The van der Waals surface area contributed by atoms with Crippen LogP contribution < -0.4 is 0 Å². The van der Waals surface area contributed by atoms with Crippen LogP contribution in [0.3, 0.4) is 0 Å². The third-order valence-electron chi connectivity index (χ3n) is 18.8. The van der Waals surface area contributed by atoms with Crippen molar-refractivity contribution in [2.75, 3.05) is 0 Å². The molecule has 10 aromatic carbocycles. The summed E-state index contributed by atoms with van der Waals surface area (Å²) in [7, 11) is 0. The lowest BCUT2D eigenvalue weighted by Gasteiger charge is -2.13. The molecule has 0 spiro atoms. The van der Waals surface area contributed by atoms with Gasteiger partial charge in [-0.2, -0.15) is 0 Å². The average molecular weight is 1280 g/mol. The zero-order chi connectivity index (χ0) is 66.0. The standard InChI is InChI=1S/2C44H26N6/c1-2-27-3-4-28-9-14-40(50-44(28)43(27)47-19-1)34-8-6-29-22-33(7-5-30(29)23-34)38-17-12-35-24-31(10-15-37(35)48-38)32-11-16-39-36(25-32)13-18-41(49-39)42-26-45-20-21-46-42;1-2-6-34-33(5-1)35(14-15-36(34)40-18-9-28-8-7-27-4-3-21-47-43(27)44(28)50-40)39-19-12-31-24-29(10-16-37(31)48-39)30-11-17-38-32(25-30)13-20-41(49-38)42-26-45-22-23-46-42/h2*1-26H. The van der Waals surface area contributed by atoms with Gasteiger partial charge in [-0.05, 0) is 153 Å². The summed E-state index contributed by atoms with van der Waals surface area (Å²) >= 11 is 0. The van der Waals surface area contributed by atoms with Crippen LogP contribution in [0.1, 0.15) is 0 Å². The second-order valence-corrected chi connectivity index (χ2v) is 24.9. The molecule has 100 heavy (non-hydrogen) atoms. The molecular weight excluding hydrogens is 1230 g/mol. The first-order valence-electron chi connectivity index (χ1n) is 33.0. The molecule has 0 bridgehead atoms. The summed E-state index contributed by atoms with van der Waals surface area (Å²) in [6.45, 7) is 0. The van der Waals surface area contributed by atoms with E-state index >= 15 is 0 Å². The fraction of sp³-hybridized carbons (Fsp3) is 0. The fourth-order valence-corrected chi connectivity index (χ4v) is 13.7. The molecule has 0 N–H and O–H groups in total. The predicted molar refractivity (Wildman–Crippen MR) is 405 cm³/mol. The Bertz CT molecular complexity index is 6690. The Labute approximate surface area is 571 Å². The van der Waals surface area contributed by atoms with Gasteiger partial charge in [-0.1, -0.05) is 158 Å². The maximum absolute atomic E-state index is 5.15. The van der Waals surface area contributed by atoms with Crippen LogP contribution in [-0.2, 0) is 0 Å². The third kappa shape index (κ3) is 10.6. The molecule has 10 heterocycles. The second kappa shape index (κ2) is 24.1. The molecule has 0 saturated heterocycles. The van der Waals surface area contributed by atoms with Crippen LogP contribution in [-0.4, -0.2) is 59.8 Å². The number of fused-ring (bicyclic) bond motifs is 12. The van der Waals surface area contributed by atoms with Crippen molar-refractivity contribution in [2.45, 2.75) is 0 Å². The Hall–Kier alpha value is -13.8. The molecule has 0 aliphatic carbocycles. The van der Waals surface area contributed by atoms with Crippen LogP contribution in [0, 0.1) is 0 Å². The lowest BCUT2D eigenvalue weighted by molar-refractivity contribution is 1.19. The largest absolute Gasteiger partial charge is 0.261 e. The summed E-state index contributed by atoms with van der Waals surface area (Å²) in [4.78, 5) is 56.4. The zero-order valence-corrected chi connectivity index (χ0v) is 53.4. The Morgan fingerprint density at radius 1 is 0.180 bits per heavy atom. The van der Waals surface area contributed by atoms with Crippen molar-refractivity contribution in [3.05, 3.63) is 316 Å². The second-order valence-electron chi connectivity index (χ2n) is 24.9. The molecule has 464 valence electrons. The van der Waals surface area contributed by atoms with Gasteiger partial charge in [0, 0.05) is 103 Å². The van der Waals surface area contributed by atoms with E-state index in [9.17, 15) is 0 Å². The number of aromatic nitrogens is 12. The highest BCUT2D eigenvalue weighted by atomic mass is 14.8. The minimum absolute atomic E-state index is 0.761. The van der Waals surface area contributed by atoms with Gasteiger partial charge in [0.05, 0.1) is 90.7 Å². The Morgan fingerprint density at radius 2 is 0.510 bits per heavy atom. The highest BCUT2D eigenvalue weighted by molar-refractivity contribution is 6.08. The zero-order valence-electron chi connectivity index (χ0n) is 53.4. The molecule has 12 nitrogen and oxygen atoms in total. The molecular formula is C88H52N12. The smallest absolute Gasteiger partial charge is 0.107 e. The Kier molecular flexibility index (Phi) is 13.9. The van der Waals surface area contributed by atoms with E-state index in [0.29, 0.717) is 0 Å². The summed E-state index contributed by atoms with van der Waals surface area (Å²) in [6, 6.07) is 93.3. The van der Waals surface area contributed by atoms with Crippen LogP contribution in [0.25, 0.3) is 199 Å². The average Bonchev–Trinajstić information content (AvgIpc) is 0.779. The normalized spacial score (nSPS) is 11.6. The third-order valence-corrected chi connectivity index (χ3v) is 18.8. The molecule has 0 amide bonds. The van der Waals surface area contributed by atoms with Crippen molar-refractivity contribution >= 4 is 109 Å². The van der Waals surface area contributed by atoms with Gasteiger partial charge in [-0.15, -0.1) is 0 Å². The van der Waals surface area contributed by atoms with E-state index in [-0.39, 0.29) is 0 Å². The van der Waals surface area contributed by atoms with Crippen molar-refractivity contribution in [3.63, 3.8) is 0 Å². The molecule has 20 aromatic rings. The minimum Gasteiger partial charge on any atom is -0.261 e. The quantitative estimate of drug-likeness (QED) is 0.133. The predicted octanol–water partition coefficient (Wildman–Crippen LogP) is 21.0. The maximum atomic E-state index is 5.15. The highest BCUT2D eigenvalue weighted by Crippen LogP contribution is 2.39. The van der Waals surface area contributed by atoms with Crippen LogP contribution >= 0.6 is 0 Å². The van der Waals surface area contributed by atoms with Gasteiger partial charge in [-0.3, -0.25) is 29.9 Å². The van der Waals surface area contributed by atoms with E-state index in [1.54, 1.807) is 37.2 Å². The van der Waals surface area contributed by atoms with Crippen LogP contribution in [0.5, 0.6) is 0 Å². The summed E-state index contributed by atoms with van der Waals surface area (Å²) in [5.41, 5.74) is 23.2. The fourth-order valence-electron chi connectivity index (χ4n) is 13.7. The molecule has 0 radical (unpaired) electrons. The van der Waals surface area contributed by atoms with Gasteiger partial charge in [-0.25, -0.2) is 29.9 Å². The van der Waals surface area contributed by atoms with E-state index in [0.717, 1.165) is 199 Å². The molecule has 0 unspecified atom stereocenters. The topological polar surface area (TPSA) is 155 Å². The van der Waals surface area contributed by atoms with Crippen LogP contribution in [0.2, 0.25) is 0 Å². The van der Waals surface area contributed by atoms with Crippen LogP contribution in [0.4, 0.5) is 0 Å². The molecule has 12 heteroatoms. The Balaban J connectivity index is 0.000000139. The van der Waals surface area contributed by atoms with Crippen molar-refractivity contribution in [1.29, 1.82) is 0 Å². The lowest BCUT2D eigenvalue weighted by Crippen LogP contribution is -1.92. The summed E-state index contributed by atoms with van der Waals surface area (Å²) in [6.07, 6.45) is 13.8. The van der Waals surface area contributed by atoms with Gasteiger partial charge in [0.2, 0.25) is 0 Å². The molecule has 0 fully saturated rings. The maximum Gasteiger partial charge on any atom is 0.107 e. The van der Waals surface area contributed by atoms with Gasteiger partial charge in [0.1, 0.15) is 11.4 Å². The van der Waals surface area contributed by atoms with Gasteiger partial charge >= 0.3 is 0 Å². The first-order valence-corrected chi connectivity index (χ1v) is 33.0. The number of rotatable bonds is 8. The molecule has 0 saturated carbocycles. The van der Waals surface area contributed by atoms with Crippen molar-refractivity contribution in [3.8, 4) is 90.1 Å². The molecule has 0 aliphatic rings. The molecule has 0 atom stereocenters. The first-order chi connectivity index (χ1) is 49.5. The van der Waals surface area contributed by atoms with E-state index in [4.69, 9.17) is 29.9 Å². The van der Waals surface area contributed by atoms with E-state index in [2.05, 4.69) is 273 Å². The number of benzene rings is 10. The van der Waals surface area contributed by atoms with Crippen molar-refractivity contribution in [1.82, 2.24) is 59.8 Å². The number of hydrogen-bond donors (Lipinski definition) is 0. The molecule has 10 aromatic heterocycles. The SMILES string of the molecule is c1cnc2c(c1)ccc1ccc(-c3ccc(-c4ccc5cc(-c6ccc7nc(-c8cnccn8)ccc7c6)ccc5n4)c4ccccc34)nc12.c1cnc2c(c1)ccc1ccc(-c3ccc4cc(-c5ccc6cc(-c7ccc8nc(-c9cnccn9)ccc8c7)ccc6n5)ccc4c3)nc12. The highest BCUT2D eigenvalue weighted by Gasteiger charge is 2.16. The van der Waals surface area contributed by atoms with E-state index < -0.39 is 0 Å². The summed E-state index contributed by atoms with van der Waals surface area (Å²) in [5, 5.41) is 13.3. The number of hydrogen-bond acceptors (Lipinski definition) is 12. The summed E-state index contributed by atoms with van der Waals surface area (Å²) < 4.78 is 0. The minimum atomic E-state index is 0.761. The Morgan fingerprint density at radius 3 is 0.950 bits per heavy atom. The van der Waals surface area contributed by atoms with Crippen molar-refractivity contribution in [2.24, 2.45) is 0 Å². The molecule has 20 rings (SSSR count). The number of pyridine rings is 8. The van der Waals surface area contributed by atoms with E-state index in [1.807, 2.05) is 36.7 Å². The monoisotopic (exact) mass is 1280 g/mol. The van der Waals surface area contributed by atoms with Gasteiger partial charge in [0.15, 0.2) is 0 Å². The lowest BCUT2D eigenvalue weighted by atomic mass is 9.95. The van der Waals surface area contributed by atoms with Gasteiger partial charge < -0.3 is 0 Å². The van der Waals surface area contributed by atoms with Crippen molar-refractivity contribution < 1.29 is 0 Å². The van der Waals surface area contributed by atoms with E-state index in [1.165, 1.54) is 0 Å². The number of nitrogens with zero attached hydrogens (tertiary/aromatic N) is 12. The molecule has 0 aliphatic heterocycles. The first kappa shape index (κ1) is 57.6. The van der Waals surface area contributed by atoms with Gasteiger partial charge in [0.25, 0.3) is 0 Å².